The van der Waals surface area contributed by atoms with Gasteiger partial charge in [-0.15, -0.1) is 0 Å². The van der Waals surface area contributed by atoms with Crippen LogP contribution in [0, 0.1) is 0 Å². The summed E-state index contributed by atoms with van der Waals surface area (Å²) in [6, 6.07) is 10.7. The fraction of sp³-hybridized carbons (Fsp3) is 0.435. The van der Waals surface area contributed by atoms with Crippen molar-refractivity contribution in [2.45, 2.75) is 17.7 Å². The third-order valence-corrected chi connectivity index (χ3v) is 8.60. The fourth-order valence-corrected chi connectivity index (χ4v) is 6.08. The average Bonchev–Trinajstić information content (AvgIpc) is 3.40. The van der Waals surface area contributed by atoms with Crippen molar-refractivity contribution in [1.82, 2.24) is 9.62 Å². The van der Waals surface area contributed by atoms with Gasteiger partial charge >= 0.3 is 0 Å². The van der Waals surface area contributed by atoms with Gasteiger partial charge in [0.1, 0.15) is 30.4 Å². The van der Waals surface area contributed by atoms with Gasteiger partial charge in [-0.05, 0) is 49.2 Å². The molecule has 0 aromatic heterocycles. The molecule has 11 nitrogen and oxygen atoms in total. The quantitative estimate of drug-likeness (QED) is 0.400. The molecule has 1 saturated heterocycles. The van der Waals surface area contributed by atoms with E-state index in [1.807, 2.05) is 0 Å². The summed E-state index contributed by atoms with van der Waals surface area (Å²) >= 11 is 0. The molecule has 0 atom stereocenters. The lowest BCUT2D eigenvalue weighted by molar-refractivity contribution is -0.119. The van der Waals surface area contributed by atoms with E-state index in [0.29, 0.717) is 24.6 Å². The first-order valence-electron chi connectivity index (χ1n) is 11.3. The third kappa shape index (κ3) is 6.80. The Labute approximate surface area is 212 Å². The van der Waals surface area contributed by atoms with Crippen LogP contribution in [0.1, 0.15) is 12.8 Å². The molecule has 2 aromatic carbocycles. The summed E-state index contributed by atoms with van der Waals surface area (Å²) in [4.78, 5) is 12.7. The lowest BCUT2D eigenvalue weighted by Gasteiger charge is -2.24. The zero-order valence-electron chi connectivity index (χ0n) is 20.5. The van der Waals surface area contributed by atoms with E-state index in [0.717, 1.165) is 23.4 Å². The van der Waals surface area contributed by atoms with Crippen molar-refractivity contribution in [1.29, 1.82) is 0 Å². The Kier molecular flexibility index (Phi) is 9.03. The molecule has 0 saturated carbocycles. The highest BCUT2D eigenvalue weighted by Crippen LogP contribution is 2.33. The molecule has 0 aliphatic carbocycles. The Morgan fingerprint density at radius 3 is 2.19 bits per heavy atom. The summed E-state index contributed by atoms with van der Waals surface area (Å²) in [7, 11) is -4.42. The predicted molar refractivity (Wildman–Crippen MR) is 135 cm³/mol. The molecule has 0 unspecified atom stereocenters. The lowest BCUT2D eigenvalue weighted by Crippen LogP contribution is -2.41. The number of sulfonamides is 2. The molecule has 198 valence electrons. The number of hydrogen-bond donors (Lipinski definition) is 1. The first-order valence-corrected chi connectivity index (χ1v) is 14.5. The number of carbonyl (C=O) groups excluding carboxylic acids is 1. The Bertz CT molecular complexity index is 1260. The van der Waals surface area contributed by atoms with E-state index in [1.54, 1.807) is 18.2 Å². The number of anilines is 1. The second kappa shape index (κ2) is 11.8. The van der Waals surface area contributed by atoms with Crippen molar-refractivity contribution in [2.24, 2.45) is 0 Å². The fourth-order valence-electron chi connectivity index (χ4n) is 3.70. The molecule has 1 aliphatic rings. The second-order valence-electron chi connectivity index (χ2n) is 8.09. The SMILES string of the molecule is COc1ccc(N(CC(=O)NCCOc2ccc(S(=O)(=O)N3CCCC3)cc2)S(C)(=O)=O)c(OC)c1. The van der Waals surface area contributed by atoms with E-state index in [1.165, 1.54) is 42.8 Å². The zero-order valence-corrected chi connectivity index (χ0v) is 22.1. The summed E-state index contributed by atoms with van der Waals surface area (Å²) < 4.78 is 68.3. The number of carbonyl (C=O) groups is 1. The molecule has 1 fully saturated rings. The summed E-state index contributed by atoms with van der Waals surface area (Å²) in [5.41, 5.74) is 0.205. The number of amides is 1. The van der Waals surface area contributed by atoms with Crippen LogP contribution < -0.4 is 23.8 Å². The maximum absolute atomic E-state index is 12.6. The highest BCUT2D eigenvalue weighted by molar-refractivity contribution is 7.92. The highest BCUT2D eigenvalue weighted by Gasteiger charge is 2.27. The third-order valence-electron chi connectivity index (χ3n) is 5.56. The number of benzene rings is 2. The molecule has 1 amide bonds. The molecule has 36 heavy (non-hydrogen) atoms. The summed E-state index contributed by atoms with van der Waals surface area (Å²) in [5, 5.41) is 2.62. The topological polar surface area (TPSA) is 132 Å². The van der Waals surface area contributed by atoms with Crippen molar-refractivity contribution in [3.05, 3.63) is 42.5 Å². The van der Waals surface area contributed by atoms with Crippen LogP contribution in [0.2, 0.25) is 0 Å². The Balaban J connectivity index is 1.54. The minimum atomic E-state index is -3.79. The normalized spacial score (nSPS) is 14.3. The Hall–Kier alpha value is -3.03. The van der Waals surface area contributed by atoms with Crippen LogP contribution in [0.25, 0.3) is 0 Å². The highest BCUT2D eigenvalue weighted by atomic mass is 32.2. The van der Waals surface area contributed by atoms with Gasteiger partial charge in [0, 0.05) is 19.2 Å². The first kappa shape index (κ1) is 27.6. The van der Waals surface area contributed by atoms with Crippen LogP contribution >= 0.6 is 0 Å². The maximum Gasteiger partial charge on any atom is 0.243 e. The van der Waals surface area contributed by atoms with Gasteiger partial charge in [-0.1, -0.05) is 0 Å². The van der Waals surface area contributed by atoms with Crippen molar-refractivity contribution in [3.63, 3.8) is 0 Å². The van der Waals surface area contributed by atoms with E-state index in [4.69, 9.17) is 14.2 Å². The summed E-state index contributed by atoms with van der Waals surface area (Å²) in [6.45, 7) is 0.827. The number of nitrogens with zero attached hydrogens (tertiary/aromatic N) is 2. The number of ether oxygens (including phenoxy) is 3. The maximum atomic E-state index is 12.6. The van der Waals surface area contributed by atoms with Crippen LogP contribution in [0.5, 0.6) is 17.2 Å². The van der Waals surface area contributed by atoms with Gasteiger partial charge in [0.2, 0.25) is 26.0 Å². The van der Waals surface area contributed by atoms with Gasteiger partial charge in [-0.2, -0.15) is 4.31 Å². The standard InChI is InChI=1S/C23H31N3O8S2/c1-32-19-8-11-21(22(16-19)33-2)26(35(3,28)29)17-23(27)24-12-15-34-18-6-9-20(10-7-18)36(30,31)25-13-4-5-14-25/h6-11,16H,4-5,12-15,17H2,1-3H3,(H,24,27). The van der Waals surface area contributed by atoms with E-state index >= 15 is 0 Å². The van der Waals surface area contributed by atoms with E-state index in [9.17, 15) is 21.6 Å². The second-order valence-corrected chi connectivity index (χ2v) is 11.9. The van der Waals surface area contributed by atoms with Crippen molar-refractivity contribution in [3.8, 4) is 17.2 Å². The molecular formula is C23H31N3O8S2. The minimum Gasteiger partial charge on any atom is -0.497 e. The van der Waals surface area contributed by atoms with Crippen molar-refractivity contribution >= 4 is 31.6 Å². The summed E-state index contributed by atoms with van der Waals surface area (Å²) in [5.74, 6) is 0.637. The summed E-state index contributed by atoms with van der Waals surface area (Å²) in [6.07, 6.45) is 2.73. The molecule has 0 radical (unpaired) electrons. The Morgan fingerprint density at radius 1 is 0.972 bits per heavy atom. The number of methoxy groups -OCH3 is 2. The molecule has 0 bridgehead atoms. The van der Waals surface area contributed by atoms with Crippen LogP contribution in [0.3, 0.4) is 0 Å². The van der Waals surface area contributed by atoms with Crippen LogP contribution in [-0.4, -0.2) is 80.3 Å². The molecule has 1 aliphatic heterocycles. The minimum absolute atomic E-state index is 0.106. The van der Waals surface area contributed by atoms with E-state index in [-0.39, 0.29) is 29.5 Å². The molecule has 0 spiro atoms. The van der Waals surface area contributed by atoms with Crippen molar-refractivity contribution < 1.29 is 35.8 Å². The molecular weight excluding hydrogens is 510 g/mol. The van der Waals surface area contributed by atoms with Gasteiger partial charge < -0.3 is 19.5 Å². The van der Waals surface area contributed by atoms with Crippen molar-refractivity contribution in [2.75, 3.05) is 57.6 Å². The van der Waals surface area contributed by atoms with Gasteiger partial charge in [0.05, 0.1) is 37.6 Å². The number of rotatable bonds is 12. The van der Waals surface area contributed by atoms with Gasteiger partial charge in [-0.3, -0.25) is 9.10 Å². The molecule has 2 aromatic rings. The first-order chi connectivity index (χ1) is 17.1. The average molecular weight is 542 g/mol. The van der Waals surface area contributed by atoms with Crippen LogP contribution in [0.15, 0.2) is 47.4 Å². The van der Waals surface area contributed by atoms with Gasteiger partial charge in [0.25, 0.3) is 0 Å². The van der Waals surface area contributed by atoms with Gasteiger partial charge in [0.15, 0.2) is 0 Å². The van der Waals surface area contributed by atoms with Crippen LogP contribution in [-0.2, 0) is 24.8 Å². The van der Waals surface area contributed by atoms with Gasteiger partial charge in [-0.25, -0.2) is 16.8 Å². The predicted octanol–water partition coefficient (Wildman–Crippen LogP) is 1.45. The number of nitrogens with one attached hydrogen (secondary N) is 1. The zero-order chi connectivity index (χ0) is 26.3. The lowest BCUT2D eigenvalue weighted by atomic mass is 10.2. The van der Waals surface area contributed by atoms with E-state index < -0.39 is 32.5 Å². The molecule has 3 rings (SSSR count). The largest absolute Gasteiger partial charge is 0.497 e. The molecule has 1 heterocycles. The Morgan fingerprint density at radius 2 is 1.61 bits per heavy atom. The monoisotopic (exact) mass is 541 g/mol. The van der Waals surface area contributed by atoms with E-state index in [2.05, 4.69) is 5.32 Å². The molecule has 13 heteroatoms. The number of hydrogen-bond acceptors (Lipinski definition) is 8. The van der Waals surface area contributed by atoms with Crippen LogP contribution in [0.4, 0.5) is 5.69 Å². The molecule has 1 N–H and O–H groups in total. The smallest absolute Gasteiger partial charge is 0.243 e.